The lowest BCUT2D eigenvalue weighted by Gasteiger charge is -2.33. The normalized spacial score (nSPS) is 24.1. The minimum absolute atomic E-state index is 0.131. The Kier molecular flexibility index (Phi) is 3.10. The molecule has 0 bridgehead atoms. The standard InChI is InChI=1S/C14H17FO/c1-14(16,11-5-3-2-4-6-11)12-7-9-13(15)10-8-12/h3,5,7-11,16H,2,4,6H2,1H3. The molecule has 2 heteroatoms. The topological polar surface area (TPSA) is 20.2 Å². The van der Waals surface area contributed by atoms with Crippen molar-refractivity contribution in [2.45, 2.75) is 31.8 Å². The molecule has 1 N–H and O–H groups in total. The van der Waals surface area contributed by atoms with Crippen LogP contribution < -0.4 is 0 Å². The fourth-order valence-corrected chi connectivity index (χ4v) is 2.28. The molecule has 0 spiro atoms. The van der Waals surface area contributed by atoms with E-state index in [9.17, 15) is 9.50 Å². The largest absolute Gasteiger partial charge is 0.385 e. The summed E-state index contributed by atoms with van der Waals surface area (Å²) in [5.74, 6) is -0.134. The first kappa shape index (κ1) is 11.3. The van der Waals surface area contributed by atoms with Crippen molar-refractivity contribution in [2.75, 3.05) is 0 Å². The quantitative estimate of drug-likeness (QED) is 0.757. The van der Waals surface area contributed by atoms with Crippen LogP contribution in [0.15, 0.2) is 36.4 Å². The summed E-state index contributed by atoms with van der Waals surface area (Å²) in [4.78, 5) is 0. The summed E-state index contributed by atoms with van der Waals surface area (Å²) in [7, 11) is 0. The fraction of sp³-hybridized carbons (Fsp3) is 0.429. The molecule has 1 aliphatic rings. The van der Waals surface area contributed by atoms with E-state index in [-0.39, 0.29) is 11.7 Å². The molecule has 0 radical (unpaired) electrons. The van der Waals surface area contributed by atoms with Gasteiger partial charge in [0.25, 0.3) is 0 Å². The van der Waals surface area contributed by atoms with Gasteiger partial charge in [-0.3, -0.25) is 0 Å². The highest BCUT2D eigenvalue weighted by atomic mass is 19.1. The number of hydrogen-bond donors (Lipinski definition) is 1. The molecule has 0 heterocycles. The van der Waals surface area contributed by atoms with E-state index in [1.807, 2.05) is 0 Å². The minimum atomic E-state index is -0.898. The second-order valence-corrected chi connectivity index (χ2v) is 4.62. The highest BCUT2D eigenvalue weighted by Crippen LogP contribution is 2.35. The number of hydrogen-bond acceptors (Lipinski definition) is 1. The van der Waals surface area contributed by atoms with Crippen molar-refractivity contribution < 1.29 is 9.50 Å². The maximum absolute atomic E-state index is 12.8. The smallest absolute Gasteiger partial charge is 0.123 e. The first-order chi connectivity index (χ1) is 7.60. The molecular weight excluding hydrogens is 203 g/mol. The zero-order chi connectivity index (χ0) is 11.6. The summed E-state index contributed by atoms with van der Waals surface area (Å²) in [6.45, 7) is 1.81. The van der Waals surface area contributed by atoms with Gasteiger partial charge in [0.2, 0.25) is 0 Å². The number of rotatable bonds is 2. The van der Waals surface area contributed by atoms with Gasteiger partial charge in [-0.25, -0.2) is 4.39 Å². The fourth-order valence-electron chi connectivity index (χ4n) is 2.28. The van der Waals surface area contributed by atoms with E-state index in [0.29, 0.717) is 0 Å². The SMILES string of the molecule is CC(O)(c1ccc(F)cc1)C1C=CCCC1. The molecular formula is C14H17FO. The molecule has 1 aromatic carbocycles. The Morgan fingerprint density at radius 2 is 2.00 bits per heavy atom. The van der Waals surface area contributed by atoms with Gasteiger partial charge < -0.3 is 5.11 Å². The third kappa shape index (κ3) is 2.17. The van der Waals surface area contributed by atoms with Crippen LogP contribution in [-0.4, -0.2) is 5.11 Å². The highest BCUT2D eigenvalue weighted by molar-refractivity contribution is 5.25. The molecule has 0 amide bonds. The highest BCUT2D eigenvalue weighted by Gasteiger charge is 2.32. The van der Waals surface area contributed by atoms with Crippen molar-refractivity contribution in [1.82, 2.24) is 0 Å². The number of aliphatic hydroxyl groups is 1. The predicted molar refractivity (Wildman–Crippen MR) is 62.5 cm³/mol. The molecule has 1 aromatic rings. The van der Waals surface area contributed by atoms with Gasteiger partial charge in [-0.15, -0.1) is 0 Å². The van der Waals surface area contributed by atoms with Gasteiger partial charge in [0.1, 0.15) is 5.82 Å². The Morgan fingerprint density at radius 1 is 1.31 bits per heavy atom. The van der Waals surface area contributed by atoms with Gasteiger partial charge in [-0.05, 0) is 43.9 Å². The maximum Gasteiger partial charge on any atom is 0.123 e. The molecule has 86 valence electrons. The maximum atomic E-state index is 12.8. The van der Waals surface area contributed by atoms with Crippen molar-refractivity contribution in [1.29, 1.82) is 0 Å². The van der Waals surface area contributed by atoms with Crippen LogP contribution in [0.3, 0.4) is 0 Å². The van der Waals surface area contributed by atoms with Crippen LogP contribution in [0, 0.1) is 11.7 Å². The third-order valence-corrected chi connectivity index (χ3v) is 3.40. The Bertz CT molecular complexity index is 378. The van der Waals surface area contributed by atoms with E-state index in [2.05, 4.69) is 12.2 Å². The van der Waals surface area contributed by atoms with Crippen LogP contribution in [0.25, 0.3) is 0 Å². The third-order valence-electron chi connectivity index (χ3n) is 3.40. The van der Waals surface area contributed by atoms with Gasteiger partial charge in [0.05, 0.1) is 5.60 Å². The summed E-state index contributed by atoms with van der Waals surface area (Å²) in [6.07, 6.45) is 7.38. The molecule has 0 aliphatic heterocycles. The molecule has 0 fully saturated rings. The van der Waals surface area contributed by atoms with E-state index < -0.39 is 5.60 Å². The molecule has 0 saturated heterocycles. The molecule has 2 unspecified atom stereocenters. The average Bonchev–Trinajstić information content (AvgIpc) is 2.31. The van der Waals surface area contributed by atoms with Crippen LogP contribution in [0.1, 0.15) is 31.7 Å². The zero-order valence-corrected chi connectivity index (χ0v) is 9.49. The van der Waals surface area contributed by atoms with Crippen LogP contribution in [0.5, 0.6) is 0 Å². The van der Waals surface area contributed by atoms with Crippen LogP contribution in [-0.2, 0) is 5.60 Å². The van der Waals surface area contributed by atoms with Gasteiger partial charge in [-0.1, -0.05) is 24.3 Å². The van der Waals surface area contributed by atoms with Crippen molar-refractivity contribution in [3.05, 3.63) is 47.8 Å². The van der Waals surface area contributed by atoms with E-state index >= 15 is 0 Å². The lowest BCUT2D eigenvalue weighted by molar-refractivity contribution is 0.00795. The summed E-state index contributed by atoms with van der Waals surface area (Å²) < 4.78 is 12.8. The summed E-state index contributed by atoms with van der Waals surface area (Å²) in [6, 6.07) is 6.13. The second-order valence-electron chi connectivity index (χ2n) is 4.62. The first-order valence-corrected chi connectivity index (χ1v) is 5.76. The van der Waals surface area contributed by atoms with Crippen LogP contribution >= 0.6 is 0 Å². The van der Waals surface area contributed by atoms with E-state index in [4.69, 9.17) is 0 Å². The summed E-state index contributed by atoms with van der Waals surface area (Å²) >= 11 is 0. The monoisotopic (exact) mass is 220 g/mol. The lowest BCUT2D eigenvalue weighted by Crippen LogP contribution is -2.31. The zero-order valence-electron chi connectivity index (χ0n) is 9.49. The molecule has 2 rings (SSSR count). The van der Waals surface area contributed by atoms with Crippen LogP contribution in [0.2, 0.25) is 0 Å². The Hall–Kier alpha value is -1.15. The van der Waals surface area contributed by atoms with Crippen LogP contribution in [0.4, 0.5) is 4.39 Å². The number of benzene rings is 1. The average molecular weight is 220 g/mol. The first-order valence-electron chi connectivity index (χ1n) is 5.76. The van der Waals surface area contributed by atoms with E-state index in [0.717, 1.165) is 24.8 Å². The van der Waals surface area contributed by atoms with Gasteiger partial charge in [0.15, 0.2) is 0 Å². The van der Waals surface area contributed by atoms with Crippen molar-refractivity contribution in [3.63, 3.8) is 0 Å². The molecule has 0 saturated carbocycles. The van der Waals surface area contributed by atoms with Crippen molar-refractivity contribution >= 4 is 0 Å². The molecule has 0 aromatic heterocycles. The predicted octanol–water partition coefficient (Wildman–Crippen LogP) is 3.39. The van der Waals surface area contributed by atoms with Gasteiger partial charge in [-0.2, -0.15) is 0 Å². The second kappa shape index (κ2) is 4.38. The van der Waals surface area contributed by atoms with E-state index in [1.165, 1.54) is 12.1 Å². The van der Waals surface area contributed by atoms with Gasteiger partial charge >= 0.3 is 0 Å². The minimum Gasteiger partial charge on any atom is -0.385 e. The number of halogens is 1. The van der Waals surface area contributed by atoms with Gasteiger partial charge in [0, 0.05) is 5.92 Å². The van der Waals surface area contributed by atoms with E-state index in [1.54, 1.807) is 19.1 Å². The Labute approximate surface area is 95.6 Å². The molecule has 16 heavy (non-hydrogen) atoms. The number of allylic oxidation sites excluding steroid dienone is 1. The molecule has 2 atom stereocenters. The Morgan fingerprint density at radius 3 is 2.56 bits per heavy atom. The lowest BCUT2D eigenvalue weighted by atomic mass is 9.78. The summed E-state index contributed by atoms with van der Waals surface area (Å²) in [5, 5.41) is 10.5. The van der Waals surface area contributed by atoms with Crippen molar-refractivity contribution in [2.24, 2.45) is 5.92 Å². The molecule has 1 nitrogen and oxygen atoms in total. The summed E-state index contributed by atoms with van der Waals surface area (Å²) in [5.41, 5.74) is -0.115. The Balaban J connectivity index is 2.26. The van der Waals surface area contributed by atoms with Crippen molar-refractivity contribution in [3.8, 4) is 0 Å². The molecule has 1 aliphatic carbocycles.